The number of ether oxygens (including phenoxy) is 1. The van der Waals surface area contributed by atoms with Crippen LogP contribution in [0.3, 0.4) is 0 Å². The normalized spacial score (nSPS) is 24.1. The van der Waals surface area contributed by atoms with E-state index in [0.717, 1.165) is 0 Å². The van der Waals surface area contributed by atoms with Crippen molar-refractivity contribution in [1.29, 1.82) is 0 Å². The SMILES string of the molecule is O=C(NC[C@H]1CN(c2ccc(N3CCCC3=O)c(F)c2)C(=O)O1)C1CC=C(Cl)S1. The highest BCUT2D eigenvalue weighted by Crippen LogP contribution is 2.35. The van der Waals surface area contributed by atoms with Crippen molar-refractivity contribution in [3.8, 4) is 0 Å². The Kier molecular flexibility index (Phi) is 5.69. The molecule has 3 heterocycles. The lowest BCUT2D eigenvalue weighted by molar-refractivity contribution is -0.121. The van der Waals surface area contributed by atoms with E-state index in [0.29, 0.717) is 35.9 Å². The molecule has 29 heavy (non-hydrogen) atoms. The van der Waals surface area contributed by atoms with E-state index in [1.54, 1.807) is 12.1 Å². The molecule has 1 aromatic rings. The van der Waals surface area contributed by atoms with Gasteiger partial charge in [-0.2, -0.15) is 0 Å². The molecule has 1 unspecified atom stereocenters. The highest BCUT2D eigenvalue weighted by Gasteiger charge is 2.34. The van der Waals surface area contributed by atoms with Gasteiger partial charge in [-0.25, -0.2) is 9.18 Å². The van der Waals surface area contributed by atoms with Gasteiger partial charge in [-0.15, -0.1) is 11.8 Å². The number of anilines is 2. The molecule has 3 aliphatic rings. The first-order valence-corrected chi connectivity index (χ1v) is 10.6. The van der Waals surface area contributed by atoms with E-state index in [1.807, 2.05) is 0 Å². The van der Waals surface area contributed by atoms with Crippen LogP contribution in [0.15, 0.2) is 28.6 Å². The second-order valence-corrected chi connectivity index (χ2v) is 8.87. The molecule has 0 spiro atoms. The number of allylic oxidation sites excluding steroid dienone is 1. The number of amides is 3. The molecule has 7 nitrogen and oxygen atoms in total. The number of carbonyl (C=O) groups excluding carboxylic acids is 3. The third-order valence-corrected chi connectivity index (χ3v) is 6.53. The maximum Gasteiger partial charge on any atom is 0.414 e. The van der Waals surface area contributed by atoms with E-state index in [2.05, 4.69) is 5.32 Å². The van der Waals surface area contributed by atoms with Gasteiger partial charge in [0.05, 0.1) is 34.1 Å². The molecule has 0 saturated carbocycles. The van der Waals surface area contributed by atoms with Gasteiger partial charge in [-0.1, -0.05) is 17.7 Å². The first-order chi connectivity index (χ1) is 13.9. The molecule has 2 saturated heterocycles. The Hall–Kier alpha value is -2.26. The van der Waals surface area contributed by atoms with Gasteiger partial charge < -0.3 is 15.0 Å². The van der Waals surface area contributed by atoms with Crippen molar-refractivity contribution < 1.29 is 23.5 Å². The third kappa shape index (κ3) is 4.20. The predicted molar refractivity (Wildman–Crippen MR) is 109 cm³/mol. The molecule has 2 atom stereocenters. The maximum atomic E-state index is 14.6. The molecule has 0 aromatic heterocycles. The topological polar surface area (TPSA) is 79.0 Å². The van der Waals surface area contributed by atoms with Gasteiger partial charge in [0.25, 0.3) is 0 Å². The van der Waals surface area contributed by atoms with Gasteiger partial charge in [0.2, 0.25) is 11.8 Å². The molecule has 10 heteroatoms. The molecule has 1 aromatic carbocycles. The van der Waals surface area contributed by atoms with Crippen LogP contribution in [-0.2, 0) is 14.3 Å². The van der Waals surface area contributed by atoms with E-state index in [4.69, 9.17) is 16.3 Å². The third-order valence-electron chi connectivity index (χ3n) is 5.02. The van der Waals surface area contributed by atoms with Gasteiger partial charge in [0.15, 0.2) is 0 Å². The van der Waals surface area contributed by atoms with Gasteiger partial charge in [-0.05, 0) is 31.0 Å². The van der Waals surface area contributed by atoms with Crippen molar-refractivity contribution in [2.24, 2.45) is 0 Å². The van der Waals surface area contributed by atoms with E-state index >= 15 is 0 Å². The summed E-state index contributed by atoms with van der Waals surface area (Å²) in [5.41, 5.74) is 0.563. The number of rotatable bonds is 5. The highest BCUT2D eigenvalue weighted by atomic mass is 35.5. The minimum atomic E-state index is -0.603. The Bertz CT molecular complexity index is 896. The quantitative estimate of drug-likeness (QED) is 0.763. The molecule has 0 aliphatic carbocycles. The highest BCUT2D eigenvalue weighted by molar-refractivity contribution is 8.06. The fraction of sp³-hybridized carbons (Fsp3) is 0.421. The average molecular weight is 440 g/mol. The number of nitrogens with one attached hydrogen (secondary N) is 1. The number of cyclic esters (lactones) is 1. The Balaban J connectivity index is 1.36. The largest absolute Gasteiger partial charge is 0.442 e. The number of nitrogens with zero attached hydrogens (tertiary/aromatic N) is 2. The van der Waals surface area contributed by atoms with Gasteiger partial charge >= 0.3 is 6.09 Å². The van der Waals surface area contributed by atoms with Crippen LogP contribution in [0.5, 0.6) is 0 Å². The molecule has 0 bridgehead atoms. The zero-order valence-corrected chi connectivity index (χ0v) is 17.0. The van der Waals surface area contributed by atoms with Gasteiger partial charge in [-0.3, -0.25) is 14.5 Å². The van der Waals surface area contributed by atoms with Crippen molar-refractivity contribution in [1.82, 2.24) is 5.32 Å². The van der Waals surface area contributed by atoms with Crippen LogP contribution >= 0.6 is 23.4 Å². The number of thioether (sulfide) groups is 1. The standard InChI is InChI=1S/C19H19ClFN3O4S/c20-16-6-5-15(29-16)18(26)22-9-12-10-24(19(27)28-12)11-3-4-14(13(21)8-11)23-7-1-2-17(23)25/h3-4,6,8,12,15H,1-2,5,7,9-10H2,(H,22,26)/t12-,15?/m0/s1. The molecule has 4 rings (SSSR count). The number of carbonyl (C=O) groups is 3. The molecular weight excluding hydrogens is 421 g/mol. The van der Waals surface area contributed by atoms with Crippen LogP contribution in [0.25, 0.3) is 0 Å². The Morgan fingerprint density at radius 1 is 1.34 bits per heavy atom. The van der Waals surface area contributed by atoms with Crippen molar-refractivity contribution in [2.45, 2.75) is 30.6 Å². The Labute approximate surface area is 176 Å². The molecule has 2 fully saturated rings. The summed E-state index contributed by atoms with van der Waals surface area (Å²) in [7, 11) is 0. The van der Waals surface area contributed by atoms with Crippen LogP contribution in [0.2, 0.25) is 0 Å². The van der Waals surface area contributed by atoms with Crippen molar-refractivity contribution in [3.05, 3.63) is 34.5 Å². The van der Waals surface area contributed by atoms with Crippen molar-refractivity contribution in [2.75, 3.05) is 29.4 Å². The summed E-state index contributed by atoms with van der Waals surface area (Å²) in [6.45, 7) is 0.846. The first-order valence-electron chi connectivity index (χ1n) is 9.30. The van der Waals surface area contributed by atoms with Crippen LogP contribution in [0, 0.1) is 5.82 Å². The smallest absolute Gasteiger partial charge is 0.414 e. The lowest BCUT2D eigenvalue weighted by atomic mass is 10.2. The predicted octanol–water partition coefficient (Wildman–Crippen LogP) is 2.98. The van der Waals surface area contributed by atoms with Gasteiger partial charge in [0.1, 0.15) is 11.9 Å². The fourth-order valence-electron chi connectivity index (χ4n) is 3.54. The molecule has 1 N–H and O–H groups in total. The fourth-order valence-corrected chi connectivity index (χ4v) is 4.80. The molecular formula is C19H19ClFN3O4S. The summed E-state index contributed by atoms with van der Waals surface area (Å²) in [5, 5.41) is 2.50. The summed E-state index contributed by atoms with van der Waals surface area (Å²) in [5.74, 6) is -0.836. The summed E-state index contributed by atoms with van der Waals surface area (Å²) >= 11 is 7.17. The number of halogens is 2. The second kappa shape index (κ2) is 8.23. The molecule has 0 radical (unpaired) electrons. The monoisotopic (exact) mass is 439 g/mol. The molecule has 3 aliphatic heterocycles. The van der Waals surface area contributed by atoms with Crippen LogP contribution in [0.4, 0.5) is 20.6 Å². The number of hydrogen-bond donors (Lipinski definition) is 1. The zero-order valence-electron chi connectivity index (χ0n) is 15.4. The summed E-state index contributed by atoms with van der Waals surface area (Å²) in [6, 6.07) is 4.32. The maximum absolute atomic E-state index is 14.6. The van der Waals surface area contributed by atoms with Crippen LogP contribution < -0.4 is 15.1 Å². The Morgan fingerprint density at radius 2 is 2.17 bits per heavy atom. The van der Waals surface area contributed by atoms with E-state index < -0.39 is 18.0 Å². The summed E-state index contributed by atoms with van der Waals surface area (Å²) in [4.78, 5) is 38.9. The molecule has 154 valence electrons. The van der Waals surface area contributed by atoms with Crippen LogP contribution in [-0.4, -0.2) is 48.9 Å². The minimum absolute atomic E-state index is 0.107. The average Bonchev–Trinajstić information content (AvgIpc) is 3.40. The van der Waals surface area contributed by atoms with Crippen molar-refractivity contribution >= 4 is 52.6 Å². The number of hydrogen-bond acceptors (Lipinski definition) is 5. The minimum Gasteiger partial charge on any atom is -0.442 e. The van der Waals surface area contributed by atoms with Crippen LogP contribution in [0.1, 0.15) is 19.3 Å². The first kappa shape index (κ1) is 20.0. The number of benzene rings is 1. The van der Waals surface area contributed by atoms with E-state index in [-0.39, 0.29) is 35.8 Å². The van der Waals surface area contributed by atoms with Crippen molar-refractivity contribution in [3.63, 3.8) is 0 Å². The molecule has 3 amide bonds. The lowest BCUT2D eigenvalue weighted by Gasteiger charge is -2.19. The summed E-state index contributed by atoms with van der Waals surface area (Å²) < 4.78 is 20.5. The Morgan fingerprint density at radius 3 is 2.83 bits per heavy atom. The van der Waals surface area contributed by atoms with E-state index in [1.165, 1.54) is 33.7 Å². The summed E-state index contributed by atoms with van der Waals surface area (Å²) in [6.07, 6.45) is 2.33. The van der Waals surface area contributed by atoms with E-state index in [9.17, 15) is 18.8 Å². The van der Waals surface area contributed by atoms with Gasteiger partial charge in [0, 0.05) is 13.0 Å². The zero-order chi connectivity index (χ0) is 20.5. The lowest BCUT2D eigenvalue weighted by Crippen LogP contribution is -2.38. The second-order valence-electron chi connectivity index (χ2n) is 7.00.